The van der Waals surface area contributed by atoms with Crippen LogP contribution in [0.1, 0.15) is 28.4 Å². The molecular formula is C21H25FN4O2. The lowest BCUT2D eigenvalue weighted by molar-refractivity contribution is 0.0544. The van der Waals surface area contributed by atoms with E-state index in [1.807, 2.05) is 12.1 Å². The van der Waals surface area contributed by atoms with Crippen LogP contribution in [0.25, 0.3) is 0 Å². The molecule has 148 valence electrons. The van der Waals surface area contributed by atoms with Gasteiger partial charge in [0.2, 0.25) is 0 Å². The van der Waals surface area contributed by atoms with Gasteiger partial charge in [-0.3, -0.25) is 9.69 Å². The molecular weight excluding hydrogens is 359 g/mol. The molecule has 2 aliphatic rings. The van der Waals surface area contributed by atoms with Gasteiger partial charge in [0, 0.05) is 37.8 Å². The predicted octanol–water partition coefficient (Wildman–Crippen LogP) is 2.16. The molecule has 7 heteroatoms. The first-order chi connectivity index (χ1) is 13.6. The van der Waals surface area contributed by atoms with E-state index in [2.05, 4.69) is 27.9 Å². The van der Waals surface area contributed by atoms with Crippen LogP contribution in [-0.4, -0.2) is 55.2 Å². The number of rotatable bonds is 4. The van der Waals surface area contributed by atoms with Crippen molar-refractivity contribution in [1.29, 1.82) is 0 Å². The minimum absolute atomic E-state index is 0.104. The van der Waals surface area contributed by atoms with Gasteiger partial charge < -0.3 is 9.64 Å². The molecule has 2 N–H and O–H groups in total. The SMILES string of the molecule is COc1ccc(C2CC(N3CCN(C(=O)c4cccc(F)c4)CC3)NN2)cc1. The number of halogens is 1. The summed E-state index contributed by atoms with van der Waals surface area (Å²) >= 11 is 0. The molecule has 2 saturated heterocycles. The van der Waals surface area contributed by atoms with E-state index in [-0.39, 0.29) is 23.9 Å². The Kier molecular flexibility index (Phi) is 5.57. The Morgan fingerprint density at radius 2 is 1.82 bits per heavy atom. The zero-order chi connectivity index (χ0) is 19.5. The molecule has 0 aromatic heterocycles. The third kappa shape index (κ3) is 4.01. The van der Waals surface area contributed by atoms with Gasteiger partial charge in [-0.15, -0.1) is 0 Å². The first-order valence-corrected chi connectivity index (χ1v) is 9.58. The highest BCUT2D eigenvalue weighted by atomic mass is 19.1. The van der Waals surface area contributed by atoms with E-state index in [0.29, 0.717) is 18.7 Å². The number of hydrogen-bond acceptors (Lipinski definition) is 5. The third-order valence-electron chi connectivity index (χ3n) is 5.52. The Hall–Kier alpha value is -2.48. The van der Waals surface area contributed by atoms with Crippen LogP contribution in [0, 0.1) is 5.82 Å². The Morgan fingerprint density at radius 3 is 2.50 bits per heavy atom. The lowest BCUT2D eigenvalue weighted by atomic mass is 10.0. The van der Waals surface area contributed by atoms with E-state index in [1.54, 1.807) is 24.1 Å². The maximum Gasteiger partial charge on any atom is 0.254 e. The summed E-state index contributed by atoms with van der Waals surface area (Å²) in [5.74, 6) is 0.369. The molecule has 28 heavy (non-hydrogen) atoms. The highest BCUT2D eigenvalue weighted by Crippen LogP contribution is 2.26. The molecule has 2 unspecified atom stereocenters. The largest absolute Gasteiger partial charge is 0.497 e. The van der Waals surface area contributed by atoms with Crippen LogP contribution in [0.4, 0.5) is 4.39 Å². The fourth-order valence-electron chi connectivity index (χ4n) is 3.87. The lowest BCUT2D eigenvalue weighted by Gasteiger charge is -2.37. The van der Waals surface area contributed by atoms with Crippen LogP contribution in [0.2, 0.25) is 0 Å². The number of amides is 1. The van der Waals surface area contributed by atoms with Gasteiger partial charge in [-0.05, 0) is 42.3 Å². The van der Waals surface area contributed by atoms with Crippen molar-refractivity contribution in [2.75, 3.05) is 33.3 Å². The summed E-state index contributed by atoms with van der Waals surface area (Å²) < 4.78 is 18.6. The average molecular weight is 384 g/mol. The number of benzene rings is 2. The summed E-state index contributed by atoms with van der Waals surface area (Å²) in [6, 6.07) is 14.2. The molecule has 2 fully saturated rings. The van der Waals surface area contributed by atoms with Crippen LogP contribution in [-0.2, 0) is 0 Å². The molecule has 2 atom stereocenters. The number of hydrogen-bond donors (Lipinski definition) is 2. The van der Waals surface area contributed by atoms with Crippen LogP contribution in [0.5, 0.6) is 5.75 Å². The van der Waals surface area contributed by atoms with E-state index in [4.69, 9.17) is 4.74 Å². The number of nitrogens with one attached hydrogen (secondary N) is 2. The first-order valence-electron chi connectivity index (χ1n) is 9.58. The van der Waals surface area contributed by atoms with Gasteiger partial charge in [0.1, 0.15) is 11.6 Å². The maximum absolute atomic E-state index is 13.4. The van der Waals surface area contributed by atoms with E-state index in [0.717, 1.165) is 25.3 Å². The molecule has 2 aliphatic heterocycles. The molecule has 0 saturated carbocycles. The van der Waals surface area contributed by atoms with Crippen molar-refractivity contribution in [3.63, 3.8) is 0 Å². The molecule has 4 rings (SSSR count). The third-order valence-corrected chi connectivity index (χ3v) is 5.52. The quantitative estimate of drug-likeness (QED) is 0.846. The number of ether oxygens (including phenoxy) is 1. The Morgan fingerprint density at radius 1 is 1.07 bits per heavy atom. The Bertz CT molecular complexity index is 821. The van der Waals surface area contributed by atoms with E-state index >= 15 is 0 Å². The van der Waals surface area contributed by atoms with Crippen molar-refractivity contribution in [2.24, 2.45) is 0 Å². The van der Waals surface area contributed by atoms with Crippen LogP contribution in [0.15, 0.2) is 48.5 Å². The minimum Gasteiger partial charge on any atom is -0.497 e. The second-order valence-corrected chi connectivity index (χ2v) is 7.20. The van der Waals surface area contributed by atoms with Gasteiger partial charge in [0.15, 0.2) is 0 Å². The molecule has 0 bridgehead atoms. The standard InChI is InChI=1S/C21H25FN4O2/c1-28-18-7-5-15(6-8-18)19-14-20(24-23-19)25-9-11-26(12-10-25)21(27)16-3-2-4-17(22)13-16/h2-8,13,19-20,23-24H,9-12,14H2,1H3. The normalized spacial score (nSPS) is 23.0. The number of piperazine rings is 1. The molecule has 0 radical (unpaired) electrons. The zero-order valence-electron chi connectivity index (χ0n) is 15.9. The molecule has 6 nitrogen and oxygen atoms in total. The molecule has 0 spiro atoms. The molecule has 2 aromatic carbocycles. The summed E-state index contributed by atoms with van der Waals surface area (Å²) in [6.07, 6.45) is 1.17. The molecule has 2 heterocycles. The first kappa shape index (κ1) is 18.9. The maximum atomic E-state index is 13.4. The number of hydrazine groups is 1. The van der Waals surface area contributed by atoms with Gasteiger partial charge in [-0.1, -0.05) is 18.2 Å². The number of carbonyl (C=O) groups is 1. The average Bonchev–Trinajstić information content (AvgIpc) is 3.24. The Balaban J connectivity index is 1.31. The summed E-state index contributed by atoms with van der Waals surface area (Å²) in [5.41, 5.74) is 8.38. The predicted molar refractivity (Wildman–Crippen MR) is 104 cm³/mol. The van der Waals surface area contributed by atoms with Crippen molar-refractivity contribution < 1.29 is 13.9 Å². The Labute approximate surface area is 164 Å². The smallest absolute Gasteiger partial charge is 0.254 e. The molecule has 0 aliphatic carbocycles. The molecule has 2 aromatic rings. The molecule has 1 amide bonds. The summed E-state index contributed by atoms with van der Waals surface area (Å²) in [5, 5.41) is 0. The second-order valence-electron chi connectivity index (χ2n) is 7.20. The van der Waals surface area contributed by atoms with Gasteiger partial charge in [0.25, 0.3) is 5.91 Å². The number of carbonyl (C=O) groups excluding carboxylic acids is 1. The van der Waals surface area contributed by atoms with Crippen LogP contribution in [0.3, 0.4) is 0 Å². The van der Waals surface area contributed by atoms with E-state index < -0.39 is 0 Å². The van der Waals surface area contributed by atoms with Crippen molar-refractivity contribution in [1.82, 2.24) is 20.7 Å². The highest BCUT2D eigenvalue weighted by molar-refractivity contribution is 5.94. The van der Waals surface area contributed by atoms with E-state index in [9.17, 15) is 9.18 Å². The summed E-state index contributed by atoms with van der Waals surface area (Å²) in [4.78, 5) is 16.7. The summed E-state index contributed by atoms with van der Waals surface area (Å²) in [7, 11) is 1.67. The van der Waals surface area contributed by atoms with Crippen molar-refractivity contribution in [3.8, 4) is 5.75 Å². The topological polar surface area (TPSA) is 56.8 Å². The number of nitrogens with zero attached hydrogens (tertiary/aromatic N) is 2. The van der Waals surface area contributed by atoms with Crippen molar-refractivity contribution in [3.05, 3.63) is 65.5 Å². The van der Waals surface area contributed by atoms with Crippen molar-refractivity contribution in [2.45, 2.75) is 18.6 Å². The van der Waals surface area contributed by atoms with E-state index in [1.165, 1.54) is 17.7 Å². The fourth-order valence-corrected chi connectivity index (χ4v) is 3.87. The van der Waals surface area contributed by atoms with Crippen molar-refractivity contribution >= 4 is 5.91 Å². The summed E-state index contributed by atoms with van der Waals surface area (Å²) in [6.45, 7) is 2.85. The van der Waals surface area contributed by atoms with Gasteiger partial charge in [-0.25, -0.2) is 15.2 Å². The van der Waals surface area contributed by atoms with Gasteiger partial charge in [0.05, 0.1) is 13.3 Å². The monoisotopic (exact) mass is 384 g/mol. The van der Waals surface area contributed by atoms with Crippen LogP contribution >= 0.6 is 0 Å². The minimum atomic E-state index is -0.379. The van der Waals surface area contributed by atoms with Gasteiger partial charge in [-0.2, -0.15) is 0 Å². The lowest BCUT2D eigenvalue weighted by Crippen LogP contribution is -2.55. The van der Waals surface area contributed by atoms with Gasteiger partial charge >= 0.3 is 0 Å². The number of methoxy groups -OCH3 is 1. The van der Waals surface area contributed by atoms with Crippen LogP contribution < -0.4 is 15.6 Å². The highest BCUT2D eigenvalue weighted by Gasteiger charge is 2.32. The zero-order valence-corrected chi connectivity index (χ0v) is 15.9. The second kappa shape index (κ2) is 8.26. The fraction of sp³-hybridized carbons (Fsp3) is 0.381.